The van der Waals surface area contributed by atoms with Gasteiger partial charge in [0.15, 0.2) is 5.16 Å². The summed E-state index contributed by atoms with van der Waals surface area (Å²) in [4.78, 5) is 13.9. The zero-order chi connectivity index (χ0) is 23.8. The van der Waals surface area contributed by atoms with E-state index in [1.165, 1.54) is 30.0 Å². The fourth-order valence-corrected chi connectivity index (χ4v) is 4.83. The number of rotatable bonds is 10. The summed E-state index contributed by atoms with van der Waals surface area (Å²) in [5, 5.41) is 10.8. The lowest BCUT2D eigenvalue weighted by Gasteiger charge is -2.17. The number of thioether (sulfide) groups is 2. The Morgan fingerprint density at radius 2 is 1.85 bits per heavy atom. The maximum atomic E-state index is 13.3. The van der Waals surface area contributed by atoms with Crippen molar-refractivity contribution in [2.24, 2.45) is 0 Å². The van der Waals surface area contributed by atoms with Crippen LogP contribution in [0.1, 0.15) is 24.7 Å². The second-order valence-electron chi connectivity index (χ2n) is 6.95. The molecule has 0 spiro atoms. The Balaban J connectivity index is 1.75. The lowest BCUT2D eigenvalue weighted by molar-refractivity contribution is -0.137. The molecule has 0 aliphatic rings. The highest BCUT2D eigenvalue weighted by Gasteiger charge is 2.34. The van der Waals surface area contributed by atoms with Gasteiger partial charge in [0.25, 0.3) is 0 Å². The quantitative estimate of drug-likeness (QED) is 0.266. The Labute approximate surface area is 198 Å². The molecule has 1 unspecified atom stereocenters. The third kappa shape index (κ3) is 6.64. The summed E-state index contributed by atoms with van der Waals surface area (Å²) < 4.78 is 41.7. The number of halogens is 3. The molecule has 1 heterocycles. The monoisotopic (exact) mass is 492 g/mol. The lowest BCUT2D eigenvalue weighted by Crippen LogP contribution is -2.26. The smallest absolute Gasteiger partial charge is 0.325 e. The first-order chi connectivity index (χ1) is 15.8. The maximum Gasteiger partial charge on any atom is 0.418 e. The van der Waals surface area contributed by atoms with Crippen molar-refractivity contribution < 1.29 is 18.0 Å². The molecule has 33 heavy (non-hydrogen) atoms. The van der Waals surface area contributed by atoms with Gasteiger partial charge in [-0.1, -0.05) is 55.1 Å². The van der Waals surface area contributed by atoms with Crippen LogP contribution in [0.2, 0.25) is 0 Å². The standard InChI is InChI=1S/C23H23F3N4OS2/c1-3-14-30-20(15-32-16-10-6-5-7-11-16)28-29-22(30)33-19(4-2)21(31)27-18-13-9-8-12-17(18)23(24,25)26/h3,5-13,19H,1,4,14-15H2,2H3,(H,27,31). The first kappa shape index (κ1) is 24.9. The van der Waals surface area contributed by atoms with Crippen LogP contribution >= 0.6 is 23.5 Å². The van der Waals surface area contributed by atoms with Crippen LogP contribution in [0.3, 0.4) is 0 Å². The number of nitrogens with one attached hydrogen (secondary N) is 1. The van der Waals surface area contributed by atoms with Crippen LogP contribution in [0.25, 0.3) is 0 Å². The highest BCUT2D eigenvalue weighted by molar-refractivity contribution is 8.00. The number of alkyl halides is 3. The molecule has 0 aliphatic heterocycles. The summed E-state index contributed by atoms with van der Waals surface area (Å²) in [5.41, 5.74) is -1.14. The third-order valence-corrected chi connectivity index (χ3v) is 6.97. The number of hydrogen-bond donors (Lipinski definition) is 1. The summed E-state index contributed by atoms with van der Waals surface area (Å²) in [6.07, 6.45) is -2.45. The number of allylic oxidation sites excluding steroid dienone is 1. The van der Waals surface area contributed by atoms with E-state index in [1.54, 1.807) is 24.8 Å². The number of para-hydroxylation sites is 1. The predicted molar refractivity (Wildman–Crippen MR) is 126 cm³/mol. The van der Waals surface area contributed by atoms with Crippen molar-refractivity contribution in [3.8, 4) is 0 Å². The average Bonchev–Trinajstić information content (AvgIpc) is 3.17. The van der Waals surface area contributed by atoms with E-state index in [4.69, 9.17) is 0 Å². The third-order valence-electron chi connectivity index (χ3n) is 4.62. The number of carbonyl (C=O) groups excluding carboxylic acids is 1. The predicted octanol–water partition coefficient (Wildman–Crippen LogP) is 6.28. The van der Waals surface area contributed by atoms with E-state index in [9.17, 15) is 18.0 Å². The molecule has 0 saturated carbocycles. The van der Waals surface area contributed by atoms with Crippen molar-refractivity contribution >= 4 is 35.1 Å². The largest absolute Gasteiger partial charge is 0.418 e. The Morgan fingerprint density at radius 1 is 1.15 bits per heavy atom. The summed E-state index contributed by atoms with van der Waals surface area (Å²) >= 11 is 2.79. The molecular formula is C23H23F3N4OS2. The highest BCUT2D eigenvalue weighted by Crippen LogP contribution is 2.35. The van der Waals surface area contributed by atoms with Crippen molar-refractivity contribution in [2.75, 3.05) is 5.32 Å². The van der Waals surface area contributed by atoms with Crippen molar-refractivity contribution in [1.82, 2.24) is 14.8 Å². The average molecular weight is 493 g/mol. The van der Waals surface area contributed by atoms with Gasteiger partial charge in [-0.25, -0.2) is 0 Å². The number of nitrogens with zero attached hydrogens (tertiary/aromatic N) is 3. The fraction of sp³-hybridized carbons (Fsp3) is 0.261. The Hall–Kier alpha value is -2.72. The highest BCUT2D eigenvalue weighted by atomic mass is 32.2. The van der Waals surface area contributed by atoms with Crippen molar-refractivity contribution in [3.05, 3.63) is 78.6 Å². The first-order valence-corrected chi connectivity index (χ1v) is 12.0. The van der Waals surface area contributed by atoms with Gasteiger partial charge in [0.1, 0.15) is 5.82 Å². The van der Waals surface area contributed by atoms with E-state index in [-0.39, 0.29) is 5.69 Å². The van der Waals surface area contributed by atoms with E-state index in [0.717, 1.165) is 16.8 Å². The second kappa shape index (κ2) is 11.4. The van der Waals surface area contributed by atoms with Gasteiger partial charge in [0.05, 0.1) is 22.3 Å². The normalized spacial score (nSPS) is 12.4. The molecule has 0 saturated heterocycles. The molecule has 3 rings (SSSR count). The Bertz CT molecular complexity index is 1090. The molecule has 174 valence electrons. The first-order valence-electron chi connectivity index (χ1n) is 10.2. The lowest BCUT2D eigenvalue weighted by atomic mass is 10.1. The minimum Gasteiger partial charge on any atom is -0.325 e. The summed E-state index contributed by atoms with van der Waals surface area (Å²) in [6.45, 7) is 6.03. The Kier molecular flexibility index (Phi) is 8.62. The van der Waals surface area contributed by atoms with Crippen molar-refractivity contribution in [1.29, 1.82) is 0 Å². The van der Waals surface area contributed by atoms with Crippen LogP contribution in [0.4, 0.5) is 18.9 Å². The molecule has 2 aromatic carbocycles. The van der Waals surface area contributed by atoms with E-state index < -0.39 is 22.9 Å². The number of amides is 1. The number of benzene rings is 2. The molecular weight excluding hydrogens is 469 g/mol. The second-order valence-corrected chi connectivity index (χ2v) is 9.17. The summed E-state index contributed by atoms with van der Waals surface area (Å²) in [7, 11) is 0. The van der Waals surface area contributed by atoms with E-state index in [0.29, 0.717) is 23.9 Å². The molecule has 1 aromatic heterocycles. The molecule has 0 radical (unpaired) electrons. The molecule has 0 bridgehead atoms. The molecule has 0 fully saturated rings. The van der Waals surface area contributed by atoms with Crippen LogP contribution < -0.4 is 5.32 Å². The van der Waals surface area contributed by atoms with Crippen molar-refractivity contribution in [3.63, 3.8) is 0 Å². The van der Waals surface area contributed by atoms with Gasteiger partial charge in [0.2, 0.25) is 5.91 Å². The van der Waals surface area contributed by atoms with Crippen LogP contribution in [-0.2, 0) is 23.3 Å². The summed E-state index contributed by atoms with van der Waals surface area (Å²) in [5.74, 6) is 0.782. The molecule has 3 aromatic rings. The SMILES string of the molecule is C=CCn1c(CSc2ccccc2)nnc1SC(CC)C(=O)Nc1ccccc1C(F)(F)F. The fourth-order valence-electron chi connectivity index (χ4n) is 2.99. The molecule has 1 amide bonds. The van der Waals surface area contributed by atoms with E-state index >= 15 is 0 Å². The minimum absolute atomic E-state index is 0.262. The van der Waals surface area contributed by atoms with Crippen LogP contribution in [0.15, 0.2) is 77.3 Å². The number of hydrogen-bond acceptors (Lipinski definition) is 5. The van der Waals surface area contributed by atoms with Gasteiger partial charge in [-0.05, 0) is 30.7 Å². The van der Waals surface area contributed by atoms with E-state index in [1.807, 2.05) is 34.9 Å². The molecule has 0 aliphatic carbocycles. The van der Waals surface area contributed by atoms with Gasteiger partial charge in [0, 0.05) is 11.4 Å². The van der Waals surface area contributed by atoms with Gasteiger partial charge < -0.3 is 9.88 Å². The van der Waals surface area contributed by atoms with E-state index in [2.05, 4.69) is 22.1 Å². The van der Waals surface area contributed by atoms with Gasteiger partial charge in [-0.3, -0.25) is 4.79 Å². The Morgan fingerprint density at radius 3 is 2.52 bits per heavy atom. The van der Waals surface area contributed by atoms with Gasteiger partial charge >= 0.3 is 6.18 Å². The zero-order valence-corrected chi connectivity index (χ0v) is 19.5. The van der Waals surface area contributed by atoms with Crippen molar-refractivity contribution in [2.45, 2.75) is 47.1 Å². The maximum absolute atomic E-state index is 13.3. The minimum atomic E-state index is -4.56. The molecule has 10 heteroatoms. The zero-order valence-electron chi connectivity index (χ0n) is 17.9. The number of anilines is 1. The van der Waals surface area contributed by atoms with Crippen LogP contribution in [-0.4, -0.2) is 25.9 Å². The molecule has 5 nitrogen and oxygen atoms in total. The van der Waals surface area contributed by atoms with Gasteiger partial charge in [-0.2, -0.15) is 13.2 Å². The van der Waals surface area contributed by atoms with Crippen LogP contribution in [0.5, 0.6) is 0 Å². The number of aromatic nitrogens is 3. The summed E-state index contributed by atoms with van der Waals surface area (Å²) in [6, 6.07) is 14.8. The number of carbonyl (C=O) groups is 1. The van der Waals surface area contributed by atoms with Crippen LogP contribution in [0, 0.1) is 0 Å². The molecule has 1 N–H and O–H groups in total. The van der Waals surface area contributed by atoms with Gasteiger partial charge in [-0.15, -0.1) is 28.5 Å². The topological polar surface area (TPSA) is 59.8 Å². The molecule has 1 atom stereocenters.